The number of hydrogen-bond donors (Lipinski definition) is 3. The summed E-state index contributed by atoms with van der Waals surface area (Å²) in [4.78, 5) is 32.9. The van der Waals surface area contributed by atoms with Crippen LogP contribution in [0.5, 0.6) is 5.75 Å². The number of nitrogens with zero attached hydrogens (tertiary/aromatic N) is 4. The predicted octanol–water partition coefficient (Wildman–Crippen LogP) is 4.49. The number of para-hydroxylation sites is 1. The first-order chi connectivity index (χ1) is 20.7. The molecule has 10 nitrogen and oxygen atoms in total. The molecule has 43 heavy (non-hydrogen) atoms. The maximum atomic E-state index is 12.2. The zero-order valence-corrected chi connectivity index (χ0v) is 24.6. The number of nitrogens with two attached hydrogens (primary N) is 1. The Kier molecular flexibility index (Phi) is 9.93. The molecule has 1 aliphatic heterocycles. The number of benzene rings is 2. The largest absolute Gasteiger partial charge is 0.495 e. The minimum absolute atomic E-state index is 0.329. The van der Waals surface area contributed by atoms with Crippen LogP contribution in [0, 0.1) is 11.8 Å². The maximum Gasteiger partial charge on any atom is 0.247 e. The Labute approximate surface area is 251 Å². The van der Waals surface area contributed by atoms with Gasteiger partial charge in [-0.2, -0.15) is 0 Å². The van der Waals surface area contributed by atoms with Gasteiger partial charge in [-0.25, -0.2) is 9.97 Å². The van der Waals surface area contributed by atoms with E-state index in [2.05, 4.69) is 75.2 Å². The first kappa shape index (κ1) is 30.6. The average molecular weight is 578 g/mol. The molecular weight excluding hydrogens is 542 g/mol. The SMILES string of the molecule is C=CC(=O)Nc1cc(Nc2nccc(-c3c4n(c5ccccc35)CCC4)n2)c(OC)cc1C#CCN(C)C.C=CC(N)=O. The molecular formula is C33H35N7O3. The van der Waals surface area contributed by atoms with Crippen molar-refractivity contribution in [2.75, 3.05) is 38.4 Å². The highest BCUT2D eigenvalue weighted by Crippen LogP contribution is 2.38. The summed E-state index contributed by atoms with van der Waals surface area (Å²) in [5.41, 5.74) is 10.9. The van der Waals surface area contributed by atoms with E-state index in [4.69, 9.17) is 9.72 Å². The zero-order chi connectivity index (χ0) is 30.9. The van der Waals surface area contributed by atoms with Gasteiger partial charge in [0.25, 0.3) is 0 Å². The van der Waals surface area contributed by atoms with E-state index in [9.17, 15) is 9.59 Å². The van der Waals surface area contributed by atoms with E-state index in [1.165, 1.54) is 22.7 Å². The van der Waals surface area contributed by atoms with Gasteiger partial charge in [-0.3, -0.25) is 14.5 Å². The second-order valence-electron chi connectivity index (χ2n) is 9.92. The van der Waals surface area contributed by atoms with E-state index in [1.807, 2.05) is 25.1 Å². The van der Waals surface area contributed by atoms with Gasteiger partial charge in [0.05, 0.1) is 36.3 Å². The van der Waals surface area contributed by atoms with E-state index in [0.29, 0.717) is 35.2 Å². The molecule has 1 aliphatic rings. The average Bonchev–Trinajstić information content (AvgIpc) is 3.59. The number of carbonyl (C=O) groups is 2. The summed E-state index contributed by atoms with van der Waals surface area (Å²) in [7, 11) is 5.48. The van der Waals surface area contributed by atoms with Gasteiger partial charge in [0.1, 0.15) is 5.75 Å². The number of carbonyl (C=O) groups excluding carboxylic acids is 2. The van der Waals surface area contributed by atoms with Crippen LogP contribution < -0.4 is 21.1 Å². The van der Waals surface area contributed by atoms with Crippen molar-refractivity contribution in [1.82, 2.24) is 19.4 Å². The van der Waals surface area contributed by atoms with Crippen molar-refractivity contribution in [3.63, 3.8) is 0 Å². The number of fused-ring (bicyclic) bond motifs is 3. The van der Waals surface area contributed by atoms with E-state index in [1.54, 1.807) is 25.4 Å². The van der Waals surface area contributed by atoms with Crippen LogP contribution in [0.2, 0.25) is 0 Å². The van der Waals surface area contributed by atoms with E-state index >= 15 is 0 Å². The predicted molar refractivity (Wildman–Crippen MR) is 171 cm³/mol. The van der Waals surface area contributed by atoms with Crippen LogP contribution in [0.1, 0.15) is 17.7 Å². The highest BCUT2D eigenvalue weighted by atomic mass is 16.5. The summed E-state index contributed by atoms with van der Waals surface area (Å²) in [6.45, 7) is 8.24. The number of anilines is 3. The molecule has 0 unspecified atom stereocenters. The van der Waals surface area contributed by atoms with Crippen molar-refractivity contribution in [2.45, 2.75) is 19.4 Å². The van der Waals surface area contributed by atoms with Crippen LogP contribution >= 0.6 is 0 Å². The van der Waals surface area contributed by atoms with Crippen molar-refractivity contribution < 1.29 is 14.3 Å². The van der Waals surface area contributed by atoms with Crippen LogP contribution in [0.15, 0.2) is 74.0 Å². The second kappa shape index (κ2) is 14.0. The lowest BCUT2D eigenvalue weighted by Gasteiger charge is -2.15. The second-order valence-corrected chi connectivity index (χ2v) is 9.92. The van der Waals surface area contributed by atoms with Crippen molar-refractivity contribution in [3.05, 3.63) is 85.2 Å². The highest BCUT2D eigenvalue weighted by Gasteiger charge is 2.23. The number of hydrogen-bond acceptors (Lipinski definition) is 7. The van der Waals surface area contributed by atoms with Crippen LogP contribution in [0.3, 0.4) is 0 Å². The summed E-state index contributed by atoms with van der Waals surface area (Å²) in [5, 5.41) is 7.33. The summed E-state index contributed by atoms with van der Waals surface area (Å²) in [6.07, 6.45) is 6.19. The lowest BCUT2D eigenvalue weighted by atomic mass is 10.1. The van der Waals surface area contributed by atoms with Crippen molar-refractivity contribution in [1.29, 1.82) is 0 Å². The fourth-order valence-corrected chi connectivity index (χ4v) is 4.77. The molecule has 0 spiro atoms. The highest BCUT2D eigenvalue weighted by molar-refractivity contribution is 6.01. The summed E-state index contributed by atoms with van der Waals surface area (Å²) in [5.74, 6) is 6.40. The van der Waals surface area contributed by atoms with Crippen molar-refractivity contribution in [3.8, 4) is 28.8 Å². The molecule has 2 aromatic carbocycles. The number of ether oxygens (including phenoxy) is 1. The van der Waals surface area contributed by atoms with Crippen molar-refractivity contribution in [2.24, 2.45) is 5.73 Å². The number of nitrogens with one attached hydrogen (secondary N) is 2. The minimum atomic E-state index is -0.481. The van der Waals surface area contributed by atoms with Gasteiger partial charge in [-0.15, -0.1) is 0 Å². The third kappa shape index (κ3) is 7.28. The van der Waals surface area contributed by atoms with Crippen LogP contribution in [-0.2, 0) is 22.6 Å². The molecule has 2 amide bonds. The van der Waals surface area contributed by atoms with E-state index in [0.717, 1.165) is 36.7 Å². The lowest BCUT2D eigenvalue weighted by Crippen LogP contribution is -2.11. The summed E-state index contributed by atoms with van der Waals surface area (Å²) >= 11 is 0. The molecule has 0 saturated heterocycles. The van der Waals surface area contributed by atoms with Crippen LogP contribution in [0.25, 0.3) is 22.2 Å². The molecule has 220 valence electrons. The quantitative estimate of drug-likeness (QED) is 0.208. The Morgan fingerprint density at radius 3 is 2.63 bits per heavy atom. The van der Waals surface area contributed by atoms with E-state index < -0.39 is 5.91 Å². The Hall–Kier alpha value is -5.40. The first-order valence-electron chi connectivity index (χ1n) is 13.7. The third-order valence-electron chi connectivity index (χ3n) is 6.63. The monoisotopic (exact) mass is 577 g/mol. The molecule has 0 atom stereocenters. The molecule has 0 saturated carbocycles. The smallest absolute Gasteiger partial charge is 0.247 e. The molecule has 10 heteroatoms. The molecule has 4 N–H and O–H groups in total. The minimum Gasteiger partial charge on any atom is -0.495 e. The lowest BCUT2D eigenvalue weighted by molar-refractivity contribution is -0.113. The zero-order valence-electron chi connectivity index (χ0n) is 24.6. The molecule has 0 bridgehead atoms. The number of primary amides is 1. The molecule has 0 fully saturated rings. The molecule has 0 radical (unpaired) electrons. The maximum absolute atomic E-state index is 12.2. The molecule has 3 heterocycles. The Balaban J connectivity index is 0.000000782. The third-order valence-corrected chi connectivity index (χ3v) is 6.63. The molecule has 5 rings (SSSR count). The van der Waals surface area contributed by atoms with E-state index in [-0.39, 0.29) is 5.91 Å². The van der Waals surface area contributed by atoms with Gasteiger partial charge in [-0.1, -0.05) is 43.2 Å². The Bertz CT molecular complexity index is 1740. The van der Waals surface area contributed by atoms with Gasteiger partial charge >= 0.3 is 0 Å². The van der Waals surface area contributed by atoms with Gasteiger partial charge in [-0.05, 0) is 57.3 Å². The molecule has 4 aromatic rings. The van der Waals surface area contributed by atoms with Gasteiger partial charge < -0.3 is 25.7 Å². The van der Waals surface area contributed by atoms with Crippen LogP contribution in [0.4, 0.5) is 17.3 Å². The van der Waals surface area contributed by atoms with Gasteiger partial charge in [0.2, 0.25) is 17.8 Å². The Morgan fingerprint density at radius 2 is 1.93 bits per heavy atom. The number of methoxy groups -OCH3 is 1. The molecule has 2 aromatic heterocycles. The number of aromatic nitrogens is 3. The molecule has 0 aliphatic carbocycles. The van der Waals surface area contributed by atoms with Crippen LogP contribution in [-0.4, -0.2) is 59.0 Å². The number of rotatable bonds is 8. The topological polar surface area (TPSA) is 127 Å². The number of amides is 2. The summed E-state index contributed by atoms with van der Waals surface area (Å²) < 4.78 is 8.06. The standard InChI is InChI=1S/C30H30N6O2.C3H5NO/c1-5-28(37)32-23-19-24(27(38-4)18-20(23)10-8-16-35(2)3)34-30-31-15-14-22(33-30)29-21-11-6-7-12-25(21)36-17-9-13-26(29)36;1-2-3(4)5/h5-7,11-12,14-15,18-19H,1,9,13,16-17H2,2-4H3,(H,32,37)(H,31,33,34);2H,1H2,(H2,4,5). The van der Waals surface area contributed by atoms with Gasteiger partial charge in [0.15, 0.2) is 0 Å². The normalized spacial score (nSPS) is 11.4. The fourth-order valence-electron chi connectivity index (χ4n) is 4.77. The van der Waals surface area contributed by atoms with Gasteiger partial charge in [0, 0.05) is 41.0 Å². The fraction of sp³-hybridized carbons (Fsp3) is 0.212. The summed E-state index contributed by atoms with van der Waals surface area (Å²) in [6, 6.07) is 14.0. The number of aryl methyl sites for hydroxylation is 1. The van der Waals surface area contributed by atoms with Crippen molar-refractivity contribution >= 4 is 40.0 Å². The first-order valence-corrected chi connectivity index (χ1v) is 13.7. The Morgan fingerprint density at radius 1 is 1.16 bits per heavy atom.